The highest BCUT2D eigenvalue weighted by Crippen LogP contribution is 2.35. The molecule has 0 unspecified atom stereocenters. The van der Waals surface area contributed by atoms with Crippen LogP contribution in [0.25, 0.3) is 21.3 Å². The van der Waals surface area contributed by atoms with Crippen LogP contribution in [-0.4, -0.2) is 10.1 Å². The second-order valence-corrected chi connectivity index (χ2v) is 5.53. The summed E-state index contributed by atoms with van der Waals surface area (Å²) < 4.78 is 6.09. The topological polar surface area (TPSA) is 64.9 Å². The van der Waals surface area contributed by atoms with Gasteiger partial charge >= 0.3 is 0 Å². The molecule has 0 saturated heterocycles. The van der Waals surface area contributed by atoms with E-state index in [1.807, 2.05) is 12.1 Å². The van der Waals surface area contributed by atoms with E-state index in [-0.39, 0.29) is 0 Å². The predicted octanol–water partition coefficient (Wildman–Crippen LogP) is 3.66. The van der Waals surface area contributed by atoms with E-state index in [4.69, 9.17) is 15.2 Å². The first-order valence-corrected chi connectivity index (χ1v) is 6.58. The van der Waals surface area contributed by atoms with Gasteiger partial charge in [-0.15, -0.1) is 11.3 Å². The molecule has 3 rings (SSSR count). The number of aromatic nitrogens is 2. The van der Waals surface area contributed by atoms with Crippen molar-refractivity contribution in [2.75, 3.05) is 5.73 Å². The quantitative estimate of drug-likeness (QED) is 0.762. The third-order valence-corrected chi connectivity index (χ3v) is 4.14. The van der Waals surface area contributed by atoms with Crippen molar-refractivity contribution < 1.29 is 4.52 Å². The van der Waals surface area contributed by atoms with Crippen LogP contribution in [0.2, 0.25) is 0 Å². The summed E-state index contributed by atoms with van der Waals surface area (Å²) in [6, 6.07) is 6.08. The first-order valence-electron chi connectivity index (χ1n) is 5.77. The molecule has 2 heterocycles. The van der Waals surface area contributed by atoms with Crippen molar-refractivity contribution in [3.63, 3.8) is 0 Å². The number of para-hydroxylation sites is 1. The van der Waals surface area contributed by atoms with Gasteiger partial charge in [0.15, 0.2) is 0 Å². The Morgan fingerprint density at radius 2 is 2.11 bits per heavy atom. The zero-order valence-corrected chi connectivity index (χ0v) is 11.0. The molecule has 0 aliphatic heterocycles. The molecule has 0 atom stereocenters. The molecule has 0 aliphatic rings. The normalized spacial score (nSPS) is 11.5. The zero-order chi connectivity index (χ0) is 12.7. The molecule has 0 radical (unpaired) electrons. The van der Waals surface area contributed by atoms with E-state index in [9.17, 15) is 0 Å². The lowest BCUT2D eigenvalue weighted by molar-refractivity contribution is 0.436. The summed E-state index contributed by atoms with van der Waals surface area (Å²) in [6.07, 6.45) is 1.64. The average molecular weight is 259 g/mol. The lowest BCUT2D eigenvalue weighted by Crippen LogP contribution is -1.87. The van der Waals surface area contributed by atoms with Gasteiger partial charge in [-0.05, 0) is 6.07 Å². The summed E-state index contributed by atoms with van der Waals surface area (Å²) in [7, 11) is 0. The number of thiazole rings is 1. The zero-order valence-electron chi connectivity index (χ0n) is 10.2. The summed E-state index contributed by atoms with van der Waals surface area (Å²) in [5, 5.41) is 4.85. The molecule has 0 bridgehead atoms. The number of fused-ring (bicyclic) bond motifs is 1. The van der Waals surface area contributed by atoms with Crippen molar-refractivity contribution in [1.82, 2.24) is 10.1 Å². The van der Waals surface area contributed by atoms with Crippen LogP contribution in [0.3, 0.4) is 0 Å². The Bertz CT molecular complexity index is 699. The molecular formula is C13H13N3OS. The Morgan fingerprint density at radius 1 is 1.28 bits per heavy atom. The number of hydrogen-bond donors (Lipinski definition) is 1. The summed E-state index contributed by atoms with van der Waals surface area (Å²) in [5.41, 5.74) is 8.54. The number of anilines is 1. The minimum atomic E-state index is 0.335. The largest absolute Gasteiger partial charge is 0.367 e. The Kier molecular flexibility index (Phi) is 2.56. The Balaban J connectivity index is 2.27. The van der Waals surface area contributed by atoms with Crippen LogP contribution in [-0.2, 0) is 0 Å². The number of nitrogens with zero attached hydrogens (tertiary/aromatic N) is 2. The molecule has 1 aromatic carbocycles. The van der Waals surface area contributed by atoms with Crippen LogP contribution in [0.4, 0.5) is 5.88 Å². The second kappa shape index (κ2) is 4.10. The number of hydrogen-bond acceptors (Lipinski definition) is 5. The van der Waals surface area contributed by atoms with Crippen LogP contribution in [0.5, 0.6) is 0 Å². The Morgan fingerprint density at radius 3 is 2.78 bits per heavy atom. The van der Waals surface area contributed by atoms with Gasteiger partial charge < -0.3 is 10.3 Å². The number of nitrogen functional groups attached to an aromatic ring is 1. The molecule has 4 nitrogen and oxygen atoms in total. The van der Waals surface area contributed by atoms with E-state index in [0.717, 1.165) is 26.4 Å². The smallest absolute Gasteiger partial charge is 0.230 e. The minimum Gasteiger partial charge on any atom is -0.367 e. The number of rotatable bonds is 2. The SMILES string of the molecule is CC(C)c1nc2c(-c3cnoc3N)cccc2s1. The standard InChI is InChI=1S/C13H13N3OS/c1-7(2)13-16-11-8(4-3-5-10(11)18-13)9-6-15-17-12(9)14/h3-7H,14H2,1-2H3. The number of benzene rings is 1. The fraction of sp³-hybridized carbons (Fsp3) is 0.231. The van der Waals surface area contributed by atoms with Crippen molar-refractivity contribution in [1.29, 1.82) is 0 Å². The fourth-order valence-electron chi connectivity index (χ4n) is 1.88. The lowest BCUT2D eigenvalue weighted by atomic mass is 10.1. The monoisotopic (exact) mass is 259 g/mol. The van der Waals surface area contributed by atoms with Gasteiger partial charge in [0.05, 0.1) is 27.0 Å². The van der Waals surface area contributed by atoms with Crippen molar-refractivity contribution >= 4 is 27.4 Å². The molecular weight excluding hydrogens is 246 g/mol. The highest BCUT2D eigenvalue weighted by Gasteiger charge is 2.15. The van der Waals surface area contributed by atoms with E-state index in [0.29, 0.717) is 11.8 Å². The van der Waals surface area contributed by atoms with E-state index in [2.05, 4.69) is 25.1 Å². The highest BCUT2D eigenvalue weighted by molar-refractivity contribution is 7.18. The molecule has 0 fully saturated rings. The molecule has 2 N–H and O–H groups in total. The molecule has 0 aliphatic carbocycles. The molecule has 5 heteroatoms. The van der Waals surface area contributed by atoms with Gasteiger partial charge in [0.2, 0.25) is 5.88 Å². The molecule has 0 spiro atoms. The Hall–Kier alpha value is -1.88. The fourth-order valence-corrected chi connectivity index (χ4v) is 2.88. The number of nitrogens with two attached hydrogens (primary N) is 1. The van der Waals surface area contributed by atoms with Gasteiger partial charge in [-0.1, -0.05) is 31.1 Å². The van der Waals surface area contributed by atoms with Crippen LogP contribution < -0.4 is 5.73 Å². The Labute approximate surface area is 108 Å². The summed E-state index contributed by atoms with van der Waals surface area (Å²) in [6.45, 7) is 4.29. The van der Waals surface area contributed by atoms with Gasteiger partial charge in [-0.2, -0.15) is 0 Å². The van der Waals surface area contributed by atoms with Crippen molar-refractivity contribution in [2.24, 2.45) is 0 Å². The molecule has 0 saturated carbocycles. The van der Waals surface area contributed by atoms with Crippen molar-refractivity contribution in [2.45, 2.75) is 19.8 Å². The van der Waals surface area contributed by atoms with Crippen LogP contribution in [0, 0.1) is 0 Å². The van der Waals surface area contributed by atoms with E-state index >= 15 is 0 Å². The molecule has 92 valence electrons. The second-order valence-electron chi connectivity index (χ2n) is 4.46. The highest BCUT2D eigenvalue weighted by atomic mass is 32.1. The van der Waals surface area contributed by atoms with Crippen molar-refractivity contribution in [3.8, 4) is 11.1 Å². The summed E-state index contributed by atoms with van der Waals surface area (Å²) >= 11 is 1.72. The van der Waals surface area contributed by atoms with Crippen molar-refractivity contribution in [3.05, 3.63) is 29.4 Å². The maximum Gasteiger partial charge on any atom is 0.230 e. The average Bonchev–Trinajstić information content (AvgIpc) is 2.94. The third-order valence-electron chi connectivity index (χ3n) is 2.82. The minimum absolute atomic E-state index is 0.335. The summed E-state index contributed by atoms with van der Waals surface area (Å²) in [4.78, 5) is 4.70. The maximum atomic E-state index is 5.78. The van der Waals surface area contributed by atoms with Gasteiger partial charge in [-0.3, -0.25) is 0 Å². The lowest BCUT2D eigenvalue weighted by Gasteiger charge is -1.99. The predicted molar refractivity (Wildman–Crippen MR) is 73.6 cm³/mol. The van der Waals surface area contributed by atoms with Gasteiger partial charge in [0.25, 0.3) is 0 Å². The maximum absolute atomic E-state index is 5.78. The molecule has 0 amide bonds. The van der Waals surface area contributed by atoms with E-state index < -0.39 is 0 Å². The molecule has 2 aromatic heterocycles. The van der Waals surface area contributed by atoms with Gasteiger partial charge in [0.1, 0.15) is 0 Å². The van der Waals surface area contributed by atoms with Crippen LogP contribution in [0.15, 0.2) is 28.9 Å². The van der Waals surface area contributed by atoms with Gasteiger partial charge in [0, 0.05) is 11.5 Å². The van der Waals surface area contributed by atoms with E-state index in [1.165, 1.54) is 0 Å². The molecule has 3 aromatic rings. The first kappa shape index (κ1) is 11.2. The van der Waals surface area contributed by atoms with Crippen LogP contribution in [0.1, 0.15) is 24.8 Å². The van der Waals surface area contributed by atoms with Crippen LogP contribution >= 0.6 is 11.3 Å². The first-order chi connectivity index (χ1) is 8.66. The molecule has 18 heavy (non-hydrogen) atoms. The van der Waals surface area contributed by atoms with E-state index in [1.54, 1.807) is 17.5 Å². The van der Waals surface area contributed by atoms with Gasteiger partial charge in [-0.25, -0.2) is 4.98 Å². The third kappa shape index (κ3) is 1.67. The summed E-state index contributed by atoms with van der Waals surface area (Å²) in [5.74, 6) is 0.761.